The lowest BCUT2D eigenvalue weighted by atomic mass is 9.99. The zero-order chi connectivity index (χ0) is 26.0. The van der Waals surface area contributed by atoms with Crippen LogP contribution in [-0.4, -0.2) is 62.5 Å². The quantitative estimate of drug-likeness (QED) is 0.519. The van der Waals surface area contributed by atoms with Crippen molar-refractivity contribution in [2.45, 2.75) is 51.1 Å². The van der Waals surface area contributed by atoms with E-state index in [4.69, 9.17) is 0 Å². The van der Waals surface area contributed by atoms with E-state index in [1.54, 1.807) is 29.8 Å². The molecule has 2 aromatic heterocycles. The number of carbonyl (C=O) groups is 4. The summed E-state index contributed by atoms with van der Waals surface area (Å²) < 4.78 is 0. The summed E-state index contributed by atoms with van der Waals surface area (Å²) in [5.74, 6) is -1.93. The fraction of sp³-hybridized carbons (Fsp3) is 0.357. The largest absolute Gasteiger partial charge is 0.295 e. The molecule has 10 heteroatoms. The van der Waals surface area contributed by atoms with Gasteiger partial charge in [0.15, 0.2) is 0 Å². The molecule has 0 radical (unpaired) electrons. The highest BCUT2D eigenvalue weighted by molar-refractivity contribution is 7.18. The summed E-state index contributed by atoms with van der Waals surface area (Å²) in [7, 11) is 0. The molecule has 1 unspecified atom stereocenters. The third-order valence-corrected chi connectivity index (χ3v) is 9.21. The molecule has 3 aromatic rings. The predicted molar refractivity (Wildman–Crippen MR) is 140 cm³/mol. The van der Waals surface area contributed by atoms with Crippen LogP contribution in [0.1, 0.15) is 68.1 Å². The molecule has 1 N–H and O–H groups in total. The number of carbonyl (C=O) groups excluding carboxylic acids is 4. The first-order valence-electron chi connectivity index (χ1n) is 13.0. The number of rotatable bonds is 4. The van der Waals surface area contributed by atoms with Crippen molar-refractivity contribution in [3.63, 3.8) is 0 Å². The standard InChI is InChI=1S/C28H25N5O4S/c34-22-7-6-20(25(35)31-22)33-27(36)17-5-4-15(12-19(17)28(33)37)13-32-10-8-16(9-11-32)24-23-18-2-1-3-21(18)38-26(23)30-14-29-24/h4-5,8,12,14,20H,1-3,6-7,9-11,13H2,(H,31,34,35). The molecule has 0 spiro atoms. The van der Waals surface area contributed by atoms with Crippen LogP contribution in [-0.2, 0) is 29.0 Å². The van der Waals surface area contributed by atoms with E-state index in [0.717, 1.165) is 53.3 Å². The van der Waals surface area contributed by atoms with Gasteiger partial charge in [-0.2, -0.15) is 0 Å². The zero-order valence-corrected chi connectivity index (χ0v) is 21.5. The molecule has 7 rings (SSSR count). The Hall–Kier alpha value is -3.76. The lowest BCUT2D eigenvalue weighted by Gasteiger charge is -2.27. The second-order valence-electron chi connectivity index (χ2n) is 10.3. The van der Waals surface area contributed by atoms with Gasteiger partial charge in [-0.3, -0.25) is 34.3 Å². The number of amides is 4. The Morgan fingerprint density at radius 3 is 2.68 bits per heavy atom. The summed E-state index contributed by atoms with van der Waals surface area (Å²) in [4.78, 5) is 65.0. The van der Waals surface area contributed by atoms with E-state index >= 15 is 0 Å². The fourth-order valence-electron chi connectivity index (χ4n) is 6.12. The minimum Gasteiger partial charge on any atom is -0.295 e. The van der Waals surface area contributed by atoms with Gasteiger partial charge in [0, 0.05) is 36.3 Å². The third-order valence-electron chi connectivity index (χ3n) is 8.01. The monoisotopic (exact) mass is 527 g/mol. The molecule has 3 aliphatic heterocycles. The molecule has 4 amide bonds. The number of aryl methyl sites for hydroxylation is 2. The maximum Gasteiger partial charge on any atom is 0.262 e. The van der Waals surface area contributed by atoms with Gasteiger partial charge in [-0.1, -0.05) is 12.1 Å². The Labute approximate surface area is 222 Å². The summed E-state index contributed by atoms with van der Waals surface area (Å²) in [6, 6.07) is 4.37. The lowest BCUT2D eigenvalue weighted by molar-refractivity contribution is -0.136. The number of piperidine rings is 1. The average molecular weight is 528 g/mol. The third kappa shape index (κ3) is 3.70. The second-order valence-corrected chi connectivity index (χ2v) is 11.4. The van der Waals surface area contributed by atoms with Crippen LogP contribution < -0.4 is 5.32 Å². The Bertz CT molecular complexity index is 1590. The summed E-state index contributed by atoms with van der Waals surface area (Å²) in [5, 5.41) is 3.47. The highest BCUT2D eigenvalue weighted by atomic mass is 32.1. The average Bonchev–Trinajstić information content (AvgIpc) is 3.57. The van der Waals surface area contributed by atoms with E-state index in [-0.39, 0.29) is 18.7 Å². The molecule has 1 atom stereocenters. The van der Waals surface area contributed by atoms with Gasteiger partial charge in [0.25, 0.3) is 11.8 Å². The number of hydrogen-bond donors (Lipinski definition) is 1. The van der Waals surface area contributed by atoms with Crippen molar-refractivity contribution in [2.24, 2.45) is 0 Å². The highest BCUT2D eigenvalue weighted by Gasteiger charge is 2.44. The number of nitrogens with zero attached hydrogens (tertiary/aromatic N) is 4. The van der Waals surface area contributed by atoms with E-state index in [2.05, 4.69) is 26.3 Å². The Morgan fingerprint density at radius 1 is 1.00 bits per heavy atom. The Kier molecular flexibility index (Phi) is 5.48. The molecular formula is C28H25N5O4S. The molecule has 1 saturated heterocycles. The van der Waals surface area contributed by atoms with Crippen LogP contribution in [0.3, 0.4) is 0 Å². The van der Waals surface area contributed by atoms with Gasteiger partial charge in [0.1, 0.15) is 17.2 Å². The summed E-state index contributed by atoms with van der Waals surface area (Å²) >= 11 is 1.81. The van der Waals surface area contributed by atoms with Crippen molar-refractivity contribution in [1.82, 2.24) is 25.1 Å². The van der Waals surface area contributed by atoms with Gasteiger partial charge in [-0.15, -0.1) is 11.3 Å². The molecule has 9 nitrogen and oxygen atoms in total. The van der Waals surface area contributed by atoms with E-state index in [0.29, 0.717) is 17.7 Å². The summed E-state index contributed by atoms with van der Waals surface area (Å²) in [6.07, 6.45) is 8.51. The number of thiophene rings is 1. The van der Waals surface area contributed by atoms with E-state index in [1.165, 1.54) is 27.8 Å². The fourth-order valence-corrected chi connectivity index (χ4v) is 7.35. The maximum absolute atomic E-state index is 13.1. The summed E-state index contributed by atoms with van der Waals surface area (Å²) in [5.41, 5.74) is 5.33. The van der Waals surface area contributed by atoms with Crippen molar-refractivity contribution in [3.05, 3.63) is 63.4 Å². The van der Waals surface area contributed by atoms with Crippen molar-refractivity contribution in [1.29, 1.82) is 0 Å². The number of fused-ring (bicyclic) bond motifs is 4. The number of hydrogen-bond acceptors (Lipinski definition) is 8. The molecule has 192 valence electrons. The van der Waals surface area contributed by atoms with Crippen LogP contribution >= 0.6 is 11.3 Å². The minimum absolute atomic E-state index is 0.106. The molecule has 4 aliphatic rings. The minimum atomic E-state index is -0.952. The second kappa shape index (κ2) is 8.92. The topological polar surface area (TPSA) is 113 Å². The van der Waals surface area contributed by atoms with E-state index < -0.39 is 23.8 Å². The van der Waals surface area contributed by atoms with Crippen molar-refractivity contribution >= 4 is 50.8 Å². The molecular weight excluding hydrogens is 502 g/mol. The van der Waals surface area contributed by atoms with Crippen molar-refractivity contribution in [2.75, 3.05) is 13.1 Å². The molecule has 0 saturated carbocycles. The Balaban J connectivity index is 1.08. The first-order chi connectivity index (χ1) is 18.5. The SMILES string of the molecule is O=C1CCC(N2C(=O)c3ccc(CN4CC=C(c5ncnc6sc7c(c56)CCC7)CC4)cc3C2=O)C(=O)N1. The van der Waals surface area contributed by atoms with Crippen LogP contribution in [0.2, 0.25) is 0 Å². The van der Waals surface area contributed by atoms with Crippen LogP contribution in [0.5, 0.6) is 0 Å². The zero-order valence-electron chi connectivity index (χ0n) is 20.7. The lowest BCUT2D eigenvalue weighted by Crippen LogP contribution is -2.54. The van der Waals surface area contributed by atoms with Gasteiger partial charge in [0.05, 0.1) is 16.8 Å². The van der Waals surface area contributed by atoms with Gasteiger partial charge >= 0.3 is 0 Å². The molecule has 0 bridgehead atoms. The van der Waals surface area contributed by atoms with Crippen molar-refractivity contribution in [3.8, 4) is 0 Å². The van der Waals surface area contributed by atoms with Crippen LogP contribution in [0, 0.1) is 0 Å². The normalized spacial score (nSPS) is 21.6. The Morgan fingerprint density at radius 2 is 1.87 bits per heavy atom. The number of imide groups is 2. The van der Waals surface area contributed by atoms with Crippen LogP contribution in [0.15, 0.2) is 30.6 Å². The highest BCUT2D eigenvalue weighted by Crippen LogP contribution is 2.40. The van der Waals surface area contributed by atoms with Gasteiger partial charge < -0.3 is 0 Å². The number of aromatic nitrogens is 2. The molecule has 1 aromatic carbocycles. The maximum atomic E-state index is 13.1. The smallest absolute Gasteiger partial charge is 0.262 e. The van der Waals surface area contributed by atoms with Gasteiger partial charge in [-0.05, 0) is 60.9 Å². The predicted octanol–water partition coefficient (Wildman–Crippen LogP) is 2.87. The first kappa shape index (κ1) is 23.4. The van der Waals surface area contributed by atoms with Crippen LogP contribution in [0.4, 0.5) is 0 Å². The number of nitrogens with one attached hydrogen (secondary N) is 1. The van der Waals surface area contributed by atoms with Crippen molar-refractivity contribution < 1.29 is 19.2 Å². The number of benzene rings is 1. The first-order valence-corrected chi connectivity index (χ1v) is 13.8. The molecule has 1 aliphatic carbocycles. The molecule has 38 heavy (non-hydrogen) atoms. The van der Waals surface area contributed by atoms with Gasteiger partial charge in [0.2, 0.25) is 11.8 Å². The van der Waals surface area contributed by atoms with E-state index in [9.17, 15) is 19.2 Å². The van der Waals surface area contributed by atoms with Crippen LogP contribution in [0.25, 0.3) is 15.8 Å². The molecule has 1 fully saturated rings. The van der Waals surface area contributed by atoms with E-state index in [1.807, 2.05) is 6.07 Å². The molecule has 5 heterocycles. The van der Waals surface area contributed by atoms with Gasteiger partial charge in [-0.25, -0.2) is 9.97 Å². The summed E-state index contributed by atoms with van der Waals surface area (Å²) in [6.45, 7) is 2.26.